The minimum atomic E-state index is 0.361. The van der Waals surface area contributed by atoms with Gasteiger partial charge in [0.2, 0.25) is 0 Å². The molecule has 2 N–H and O–H groups in total. The molecule has 3 atom stereocenters. The van der Waals surface area contributed by atoms with Gasteiger partial charge in [0.25, 0.3) is 0 Å². The second-order valence-corrected chi connectivity index (χ2v) is 6.72. The number of ether oxygens (including phenoxy) is 1. The third-order valence-electron chi connectivity index (χ3n) is 3.94. The summed E-state index contributed by atoms with van der Waals surface area (Å²) in [6.45, 7) is 10.1. The first-order valence-electron chi connectivity index (χ1n) is 7.30. The Morgan fingerprint density at radius 3 is 2.65 bits per heavy atom. The van der Waals surface area contributed by atoms with Crippen LogP contribution in [0.4, 0.5) is 0 Å². The zero-order chi connectivity index (χ0) is 12.9. The molecule has 17 heavy (non-hydrogen) atoms. The predicted molar refractivity (Wildman–Crippen MR) is 74.0 cm³/mol. The molecule has 1 saturated carbocycles. The molecule has 0 heterocycles. The van der Waals surface area contributed by atoms with Crippen molar-refractivity contribution >= 4 is 0 Å². The average Bonchev–Trinajstić information content (AvgIpc) is 2.21. The van der Waals surface area contributed by atoms with Crippen molar-refractivity contribution in [2.45, 2.75) is 78.4 Å². The van der Waals surface area contributed by atoms with Crippen LogP contribution >= 0.6 is 0 Å². The summed E-state index contributed by atoms with van der Waals surface area (Å²) in [6, 6.07) is 0.361. The fourth-order valence-electron chi connectivity index (χ4n) is 3.19. The molecule has 1 fully saturated rings. The molecule has 0 aromatic rings. The summed E-state index contributed by atoms with van der Waals surface area (Å²) in [4.78, 5) is 0. The van der Waals surface area contributed by atoms with E-state index in [2.05, 4.69) is 27.7 Å². The molecular formula is C15H31NO. The van der Waals surface area contributed by atoms with E-state index in [1.807, 2.05) is 0 Å². The summed E-state index contributed by atoms with van der Waals surface area (Å²) in [5, 5.41) is 0. The largest absolute Gasteiger partial charge is 0.378 e. The molecule has 0 radical (unpaired) electrons. The van der Waals surface area contributed by atoms with Gasteiger partial charge in [0.05, 0.1) is 6.10 Å². The van der Waals surface area contributed by atoms with Crippen LogP contribution in [0, 0.1) is 11.3 Å². The molecule has 0 bridgehead atoms. The van der Waals surface area contributed by atoms with Gasteiger partial charge in [-0.15, -0.1) is 0 Å². The third kappa shape index (κ3) is 5.87. The summed E-state index contributed by atoms with van der Waals surface area (Å²) >= 11 is 0. The van der Waals surface area contributed by atoms with Crippen molar-refractivity contribution in [3.05, 3.63) is 0 Å². The Kier molecular flexibility index (Phi) is 5.94. The normalized spacial score (nSPS) is 30.2. The van der Waals surface area contributed by atoms with E-state index in [9.17, 15) is 0 Å². The van der Waals surface area contributed by atoms with Gasteiger partial charge in [-0.3, -0.25) is 0 Å². The first-order valence-corrected chi connectivity index (χ1v) is 7.30. The molecule has 2 nitrogen and oxygen atoms in total. The number of hydrogen-bond acceptors (Lipinski definition) is 2. The topological polar surface area (TPSA) is 35.2 Å². The lowest BCUT2D eigenvalue weighted by atomic mass is 9.71. The Morgan fingerprint density at radius 1 is 1.35 bits per heavy atom. The standard InChI is InChI=1S/C15H31NO/c1-5-13(16)7-6-8-17-14-9-12(2)10-15(3,4)11-14/h12-14H,5-11,16H2,1-4H3. The summed E-state index contributed by atoms with van der Waals surface area (Å²) in [5.74, 6) is 0.807. The highest BCUT2D eigenvalue weighted by molar-refractivity contribution is 4.83. The molecule has 2 heteroatoms. The van der Waals surface area contributed by atoms with Gasteiger partial charge in [-0.2, -0.15) is 0 Å². The fraction of sp³-hybridized carbons (Fsp3) is 1.00. The van der Waals surface area contributed by atoms with Gasteiger partial charge in [-0.25, -0.2) is 0 Å². The summed E-state index contributed by atoms with van der Waals surface area (Å²) in [5.41, 5.74) is 6.36. The number of rotatable bonds is 6. The van der Waals surface area contributed by atoms with Crippen LogP contribution in [-0.4, -0.2) is 18.8 Å². The van der Waals surface area contributed by atoms with Crippen LogP contribution in [0.1, 0.15) is 66.2 Å². The van der Waals surface area contributed by atoms with Crippen LogP contribution in [0.25, 0.3) is 0 Å². The highest BCUT2D eigenvalue weighted by atomic mass is 16.5. The summed E-state index contributed by atoms with van der Waals surface area (Å²) in [7, 11) is 0. The molecule has 0 saturated heterocycles. The van der Waals surface area contributed by atoms with E-state index in [-0.39, 0.29) is 0 Å². The van der Waals surface area contributed by atoms with Crippen molar-refractivity contribution in [3.8, 4) is 0 Å². The van der Waals surface area contributed by atoms with Crippen LogP contribution < -0.4 is 5.73 Å². The van der Waals surface area contributed by atoms with Crippen molar-refractivity contribution in [3.63, 3.8) is 0 Å². The van der Waals surface area contributed by atoms with E-state index >= 15 is 0 Å². The smallest absolute Gasteiger partial charge is 0.0582 e. The molecule has 0 aliphatic heterocycles. The van der Waals surface area contributed by atoms with E-state index < -0.39 is 0 Å². The Hall–Kier alpha value is -0.0800. The van der Waals surface area contributed by atoms with Crippen molar-refractivity contribution in [2.75, 3.05) is 6.61 Å². The maximum absolute atomic E-state index is 6.03. The lowest BCUT2D eigenvalue weighted by Crippen LogP contribution is -2.33. The van der Waals surface area contributed by atoms with Gasteiger partial charge in [0.15, 0.2) is 0 Å². The average molecular weight is 241 g/mol. The minimum Gasteiger partial charge on any atom is -0.378 e. The van der Waals surface area contributed by atoms with Crippen LogP contribution in [-0.2, 0) is 4.74 Å². The maximum Gasteiger partial charge on any atom is 0.0582 e. The van der Waals surface area contributed by atoms with E-state index in [4.69, 9.17) is 10.5 Å². The first kappa shape index (κ1) is 15.0. The Morgan fingerprint density at radius 2 is 2.06 bits per heavy atom. The van der Waals surface area contributed by atoms with E-state index in [1.165, 1.54) is 19.3 Å². The lowest BCUT2D eigenvalue weighted by molar-refractivity contribution is -0.0242. The second-order valence-electron chi connectivity index (χ2n) is 6.72. The Labute approximate surface area is 107 Å². The highest BCUT2D eigenvalue weighted by Crippen LogP contribution is 2.39. The lowest BCUT2D eigenvalue weighted by Gasteiger charge is -2.38. The molecule has 0 aromatic heterocycles. The Balaban J connectivity index is 2.18. The molecular weight excluding hydrogens is 210 g/mol. The molecule has 0 spiro atoms. The first-order chi connectivity index (χ1) is 7.93. The van der Waals surface area contributed by atoms with Crippen LogP contribution in [0.5, 0.6) is 0 Å². The van der Waals surface area contributed by atoms with Crippen molar-refractivity contribution in [1.29, 1.82) is 0 Å². The van der Waals surface area contributed by atoms with Crippen molar-refractivity contribution < 1.29 is 4.74 Å². The van der Waals surface area contributed by atoms with Crippen molar-refractivity contribution in [2.24, 2.45) is 17.1 Å². The summed E-state index contributed by atoms with van der Waals surface area (Å²) in [6.07, 6.45) is 7.57. The summed E-state index contributed by atoms with van der Waals surface area (Å²) < 4.78 is 6.03. The van der Waals surface area contributed by atoms with Gasteiger partial charge in [0.1, 0.15) is 0 Å². The molecule has 102 valence electrons. The van der Waals surface area contributed by atoms with Crippen LogP contribution in [0.2, 0.25) is 0 Å². The van der Waals surface area contributed by atoms with Gasteiger partial charge < -0.3 is 10.5 Å². The van der Waals surface area contributed by atoms with E-state index in [0.717, 1.165) is 31.8 Å². The molecule has 1 rings (SSSR count). The molecule has 3 unspecified atom stereocenters. The zero-order valence-corrected chi connectivity index (χ0v) is 12.2. The zero-order valence-electron chi connectivity index (χ0n) is 12.2. The quantitative estimate of drug-likeness (QED) is 0.719. The van der Waals surface area contributed by atoms with Gasteiger partial charge in [-0.1, -0.05) is 27.7 Å². The molecule has 1 aliphatic rings. The minimum absolute atomic E-state index is 0.361. The third-order valence-corrected chi connectivity index (χ3v) is 3.94. The highest BCUT2D eigenvalue weighted by Gasteiger charge is 2.32. The maximum atomic E-state index is 6.03. The van der Waals surface area contributed by atoms with Crippen LogP contribution in [0.15, 0.2) is 0 Å². The number of hydrogen-bond donors (Lipinski definition) is 1. The van der Waals surface area contributed by atoms with Gasteiger partial charge in [-0.05, 0) is 49.9 Å². The van der Waals surface area contributed by atoms with Gasteiger partial charge >= 0.3 is 0 Å². The van der Waals surface area contributed by atoms with E-state index in [1.54, 1.807) is 0 Å². The predicted octanol–water partition coefficient (Wildman–Crippen LogP) is 3.74. The van der Waals surface area contributed by atoms with E-state index in [0.29, 0.717) is 17.6 Å². The molecule has 0 aromatic carbocycles. The van der Waals surface area contributed by atoms with Gasteiger partial charge in [0, 0.05) is 12.6 Å². The van der Waals surface area contributed by atoms with Crippen LogP contribution in [0.3, 0.4) is 0 Å². The monoisotopic (exact) mass is 241 g/mol. The SMILES string of the molecule is CCC(N)CCCOC1CC(C)CC(C)(C)C1. The molecule has 0 amide bonds. The fourth-order valence-corrected chi connectivity index (χ4v) is 3.19. The molecule has 1 aliphatic carbocycles. The Bertz CT molecular complexity index is 215. The second kappa shape index (κ2) is 6.75. The number of nitrogens with two attached hydrogens (primary N) is 1. The van der Waals surface area contributed by atoms with Crippen molar-refractivity contribution in [1.82, 2.24) is 0 Å².